The van der Waals surface area contributed by atoms with Crippen molar-refractivity contribution in [1.29, 1.82) is 5.26 Å². The number of amides is 1. The Bertz CT molecular complexity index is 1970. The molecule has 0 radical (unpaired) electrons. The normalized spacial score (nSPS) is 19.2. The number of rotatable bonds is 7. The molecule has 10 nitrogen and oxygen atoms in total. The van der Waals surface area contributed by atoms with Gasteiger partial charge in [0.05, 0.1) is 33.9 Å². The van der Waals surface area contributed by atoms with Crippen LogP contribution in [0.1, 0.15) is 39.2 Å². The van der Waals surface area contributed by atoms with Crippen molar-refractivity contribution in [3.8, 4) is 23.2 Å². The van der Waals surface area contributed by atoms with E-state index in [0.717, 1.165) is 17.4 Å². The maximum absolute atomic E-state index is 16.9. The number of ether oxygens (including phenoxy) is 3. The van der Waals surface area contributed by atoms with Gasteiger partial charge in [0.2, 0.25) is 0 Å². The molecule has 4 aromatic rings. The lowest BCUT2D eigenvalue weighted by Crippen LogP contribution is -2.28. The summed E-state index contributed by atoms with van der Waals surface area (Å²) in [6.07, 6.45) is -0.829. The third kappa shape index (κ3) is 6.18. The van der Waals surface area contributed by atoms with Crippen LogP contribution in [0.3, 0.4) is 0 Å². The lowest BCUT2D eigenvalue weighted by atomic mass is 9.97. The number of anilines is 2. The predicted octanol–water partition coefficient (Wildman–Crippen LogP) is 7.28. The molecule has 1 aliphatic carbocycles. The average Bonchev–Trinajstić information content (AvgIpc) is 3.53. The van der Waals surface area contributed by atoms with Crippen LogP contribution in [0.2, 0.25) is 5.02 Å². The van der Waals surface area contributed by atoms with Gasteiger partial charge in [-0.25, -0.2) is 22.4 Å². The highest BCUT2D eigenvalue weighted by Gasteiger charge is 2.71. The molecule has 254 valence electrons. The smallest absolute Gasteiger partial charge is 0.412 e. The number of nitrogens with zero attached hydrogens (tertiary/aromatic N) is 4. The molecule has 0 unspecified atom stereocenters. The molecular formula is C32H30ClF4N5O5S. The number of nitrogens with one attached hydrogen (secondary N) is 1. The van der Waals surface area contributed by atoms with Crippen LogP contribution in [-0.4, -0.2) is 72.2 Å². The van der Waals surface area contributed by atoms with Crippen LogP contribution in [0.4, 0.5) is 33.2 Å². The number of aliphatic hydroxyl groups is 1. The van der Waals surface area contributed by atoms with Crippen molar-refractivity contribution >= 4 is 60.8 Å². The first kappa shape index (κ1) is 33.9. The fourth-order valence-corrected chi connectivity index (χ4v) is 6.96. The summed E-state index contributed by atoms with van der Waals surface area (Å²) >= 11 is 7.54. The molecule has 2 aromatic heterocycles. The highest BCUT2D eigenvalue weighted by Crippen LogP contribution is 2.60. The topological polar surface area (TPSA) is 130 Å². The maximum Gasteiger partial charge on any atom is 0.412 e. The third-order valence-electron chi connectivity index (χ3n) is 8.14. The molecule has 2 aromatic carbocycles. The van der Waals surface area contributed by atoms with Crippen LogP contribution in [0.5, 0.6) is 6.01 Å². The van der Waals surface area contributed by atoms with Gasteiger partial charge in [-0.3, -0.25) is 5.32 Å². The zero-order valence-electron chi connectivity index (χ0n) is 26.1. The number of aliphatic hydroxyl groups excluding tert-OH is 1. The number of hydrogen-bond donors (Lipinski definition) is 2. The molecule has 2 fully saturated rings. The van der Waals surface area contributed by atoms with Crippen LogP contribution in [-0.2, 0) is 9.47 Å². The van der Waals surface area contributed by atoms with Crippen molar-refractivity contribution in [1.82, 2.24) is 9.97 Å². The second-order valence-electron chi connectivity index (χ2n) is 12.7. The number of alkyl halides is 2. The molecule has 3 heterocycles. The van der Waals surface area contributed by atoms with E-state index in [4.69, 9.17) is 25.8 Å². The minimum atomic E-state index is -3.14. The summed E-state index contributed by atoms with van der Waals surface area (Å²) < 4.78 is 76.6. The number of fused-ring (bicyclic) bond motifs is 2. The zero-order valence-corrected chi connectivity index (χ0v) is 27.6. The Morgan fingerprint density at radius 3 is 2.67 bits per heavy atom. The second-order valence-corrected chi connectivity index (χ2v) is 14.1. The van der Waals surface area contributed by atoms with Gasteiger partial charge in [-0.1, -0.05) is 17.7 Å². The molecule has 48 heavy (non-hydrogen) atoms. The Balaban J connectivity index is 1.51. The van der Waals surface area contributed by atoms with E-state index in [-0.39, 0.29) is 53.5 Å². The number of aromatic nitrogens is 2. The summed E-state index contributed by atoms with van der Waals surface area (Å²) in [5.41, 5.74) is -3.23. The average molecular weight is 708 g/mol. The molecule has 1 saturated heterocycles. The van der Waals surface area contributed by atoms with Gasteiger partial charge in [0.15, 0.2) is 5.82 Å². The van der Waals surface area contributed by atoms with Gasteiger partial charge < -0.3 is 24.2 Å². The highest BCUT2D eigenvalue weighted by atomic mass is 35.5. The Labute approximate surface area is 281 Å². The second kappa shape index (κ2) is 12.5. The molecule has 1 saturated carbocycles. The van der Waals surface area contributed by atoms with Gasteiger partial charge in [-0.2, -0.15) is 15.2 Å². The number of hydrogen-bond acceptors (Lipinski definition) is 10. The highest BCUT2D eigenvalue weighted by molar-refractivity contribution is 7.23. The maximum atomic E-state index is 16.9. The molecule has 2 N–H and O–H groups in total. The first-order valence-corrected chi connectivity index (χ1v) is 16.2. The third-order valence-corrected chi connectivity index (χ3v) is 9.55. The van der Waals surface area contributed by atoms with Gasteiger partial charge in [0, 0.05) is 42.5 Å². The quantitative estimate of drug-likeness (QED) is 0.190. The molecule has 2 aliphatic rings. The lowest BCUT2D eigenvalue weighted by molar-refractivity contribution is 0.0126. The standard InChI is InChI=1S/C32H30ClF4N5O5S/c1-30(2,3)47-29(44)41-27-18(12-38)21-16(5-6-20(34)25(21)48-27)22-19(33)11-17-24(23(22)35)39-28(46-15-31(14-43)13-32(31,36)37)40-26(17)42-7-4-9-45-10-8-42/h5-6,11,43H,4,7-10,13-15H2,1-3H3,(H,41,44)/t31-/m1/s1. The molecule has 1 atom stereocenters. The van der Waals surface area contributed by atoms with Gasteiger partial charge >= 0.3 is 12.1 Å². The number of thiophene rings is 1. The van der Waals surface area contributed by atoms with E-state index in [1.165, 1.54) is 12.1 Å². The zero-order chi connectivity index (χ0) is 34.6. The van der Waals surface area contributed by atoms with Crippen LogP contribution < -0.4 is 15.0 Å². The van der Waals surface area contributed by atoms with Crippen molar-refractivity contribution in [2.75, 3.05) is 49.7 Å². The van der Waals surface area contributed by atoms with E-state index >= 15 is 8.78 Å². The minimum Gasteiger partial charge on any atom is -0.462 e. The molecule has 1 amide bonds. The van der Waals surface area contributed by atoms with Crippen LogP contribution in [0.15, 0.2) is 18.2 Å². The molecule has 16 heteroatoms. The monoisotopic (exact) mass is 707 g/mol. The van der Waals surface area contributed by atoms with Crippen LogP contribution in [0, 0.1) is 28.4 Å². The molecular weight excluding hydrogens is 678 g/mol. The van der Waals surface area contributed by atoms with Crippen molar-refractivity contribution in [3.05, 3.63) is 40.4 Å². The van der Waals surface area contributed by atoms with Gasteiger partial charge in [-0.15, -0.1) is 11.3 Å². The van der Waals surface area contributed by atoms with E-state index in [9.17, 15) is 23.9 Å². The van der Waals surface area contributed by atoms with Crippen molar-refractivity contribution in [2.24, 2.45) is 5.41 Å². The van der Waals surface area contributed by atoms with E-state index < -0.39 is 60.3 Å². The largest absolute Gasteiger partial charge is 0.462 e. The summed E-state index contributed by atoms with van der Waals surface area (Å²) in [6.45, 7) is 5.20. The summed E-state index contributed by atoms with van der Waals surface area (Å²) in [7, 11) is 0. The number of nitriles is 1. The Morgan fingerprint density at radius 1 is 1.25 bits per heavy atom. The van der Waals surface area contributed by atoms with Crippen LogP contribution >= 0.6 is 22.9 Å². The van der Waals surface area contributed by atoms with Crippen molar-refractivity contribution in [3.63, 3.8) is 0 Å². The SMILES string of the molecule is CC(C)(C)OC(=O)Nc1sc2c(F)ccc(-c3c(Cl)cc4c(N5CCCOCC5)nc(OC[C@]5(CO)CC5(F)F)nc4c3F)c2c1C#N. The Hall–Kier alpha value is -3.97. The summed E-state index contributed by atoms with van der Waals surface area (Å²) in [6, 6.07) is 5.38. The van der Waals surface area contributed by atoms with Gasteiger partial charge in [0.1, 0.15) is 40.4 Å². The van der Waals surface area contributed by atoms with Gasteiger partial charge in [0.25, 0.3) is 5.92 Å². The van der Waals surface area contributed by atoms with E-state index in [1.807, 2.05) is 11.0 Å². The predicted molar refractivity (Wildman–Crippen MR) is 172 cm³/mol. The molecule has 0 bridgehead atoms. The first-order chi connectivity index (χ1) is 22.7. The molecule has 6 rings (SSSR count). The molecule has 1 aliphatic heterocycles. The summed E-state index contributed by atoms with van der Waals surface area (Å²) in [5.74, 6) is -4.59. The van der Waals surface area contributed by atoms with E-state index in [1.54, 1.807) is 20.8 Å². The van der Waals surface area contributed by atoms with Crippen LogP contribution in [0.25, 0.3) is 32.1 Å². The fourth-order valence-electron chi connectivity index (χ4n) is 5.60. The Kier molecular flexibility index (Phi) is 8.82. The minimum absolute atomic E-state index is 0.00461. The first-order valence-electron chi connectivity index (χ1n) is 15.0. The van der Waals surface area contributed by atoms with Crippen molar-refractivity contribution in [2.45, 2.75) is 45.1 Å². The number of halogens is 5. The summed E-state index contributed by atoms with van der Waals surface area (Å²) in [4.78, 5) is 23.1. The number of benzene rings is 2. The van der Waals surface area contributed by atoms with Crippen molar-refractivity contribution < 1.29 is 41.7 Å². The molecule has 0 spiro atoms. The fraction of sp³-hybridized carbons (Fsp3) is 0.438. The van der Waals surface area contributed by atoms with E-state index in [0.29, 0.717) is 32.7 Å². The number of carbonyl (C=O) groups is 1. The Morgan fingerprint density at radius 2 is 2.00 bits per heavy atom. The number of carbonyl (C=O) groups excluding carboxylic acids is 1. The summed E-state index contributed by atoms with van der Waals surface area (Å²) in [5, 5.41) is 22.4. The van der Waals surface area contributed by atoms with Gasteiger partial charge in [-0.05, 0) is 44.9 Å². The van der Waals surface area contributed by atoms with E-state index in [2.05, 4.69) is 15.3 Å². The lowest BCUT2D eigenvalue weighted by Gasteiger charge is -2.24.